The van der Waals surface area contributed by atoms with Crippen LogP contribution in [0.3, 0.4) is 0 Å². The number of fused-ring (bicyclic) bond motifs is 1. The number of nitrogens with zero attached hydrogens (tertiary/aromatic N) is 2. The van der Waals surface area contributed by atoms with Gasteiger partial charge in [-0.15, -0.1) is 0 Å². The molecule has 0 bridgehead atoms. The van der Waals surface area contributed by atoms with Crippen molar-refractivity contribution in [3.8, 4) is 11.4 Å². The lowest BCUT2D eigenvalue weighted by atomic mass is 10.1. The average Bonchev–Trinajstić information content (AvgIpc) is 2.90. The molecule has 3 nitrogen and oxygen atoms in total. The van der Waals surface area contributed by atoms with E-state index < -0.39 is 11.7 Å². The number of alkyl halides is 3. The molecular weight excluding hydrogens is 279 g/mol. The second-order valence-electron chi connectivity index (χ2n) is 4.65. The lowest BCUT2D eigenvalue weighted by Gasteiger charge is -2.08. The number of benzene rings is 1. The molecule has 108 valence electrons. The molecule has 6 heteroatoms. The molecule has 21 heavy (non-hydrogen) atoms. The van der Waals surface area contributed by atoms with Crippen molar-refractivity contribution in [3.05, 3.63) is 59.9 Å². The van der Waals surface area contributed by atoms with Crippen molar-refractivity contribution >= 4 is 5.52 Å². The summed E-state index contributed by atoms with van der Waals surface area (Å²) in [6.07, 6.45) is -0.986. The van der Waals surface area contributed by atoms with Gasteiger partial charge >= 0.3 is 6.18 Å². The number of hydrogen-bond donors (Lipinski definition) is 1. The maximum atomic E-state index is 12.8. The van der Waals surface area contributed by atoms with E-state index in [0.29, 0.717) is 17.9 Å². The Bertz CT molecular complexity index is 790. The Morgan fingerprint density at radius 2 is 1.95 bits per heavy atom. The minimum absolute atomic E-state index is 0.345. The summed E-state index contributed by atoms with van der Waals surface area (Å²) in [6, 6.07) is 8.81. The first kappa shape index (κ1) is 13.6. The summed E-state index contributed by atoms with van der Waals surface area (Å²) in [5, 5.41) is 0. The molecule has 2 N–H and O–H groups in total. The number of aromatic nitrogens is 2. The molecule has 0 aliphatic heterocycles. The van der Waals surface area contributed by atoms with E-state index in [4.69, 9.17) is 5.73 Å². The molecule has 0 fully saturated rings. The second-order valence-corrected chi connectivity index (χ2v) is 4.65. The van der Waals surface area contributed by atoms with Gasteiger partial charge in [0.1, 0.15) is 5.82 Å². The summed E-state index contributed by atoms with van der Waals surface area (Å²) in [5.74, 6) is 0.464. The number of nitrogens with two attached hydrogens (primary N) is 1. The third kappa shape index (κ3) is 2.38. The highest BCUT2D eigenvalue weighted by Crippen LogP contribution is 2.32. The van der Waals surface area contributed by atoms with E-state index in [1.54, 1.807) is 28.9 Å². The summed E-state index contributed by atoms with van der Waals surface area (Å²) in [4.78, 5) is 4.24. The summed E-state index contributed by atoms with van der Waals surface area (Å²) >= 11 is 0. The summed E-state index contributed by atoms with van der Waals surface area (Å²) in [5.41, 5.74) is 7.07. The predicted molar refractivity (Wildman–Crippen MR) is 73.5 cm³/mol. The zero-order valence-corrected chi connectivity index (χ0v) is 10.9. The number of hydrogen-bond acceptors (Lipinski definition) is 2. The normalized spacial score (nSPS) is 12.0. The second kappa shape index (κ2) is 4.89. The predicted octanol–water partition coefficient (Wildman–Crippen LogP) is 3.48. The fourth-order valence-corrected chi connectivity index (χ4v) is 2.30. The highest BCUT2D eigenvalue weighted by molar-refractivity contribution is 5.65. The van der Waals surface area contributed by atoms with Gasteiger partial charge < -0.3 is 5.73 Å². The highest BCUT2D eigenvalue weighted by atomic mass is 19.4. The van der Waals surface area contributed by atoms with E-state index in [1.807, 2.05) is 6.07 Å². The van der Waals surface area contributed by atoms with Gasteiger partial charge in [0.25, 0.3) is 0 Å². The van der Waals surface area contributed by atoms with Gasteiger partial charge in [-0.1, -0.05) is 18.2 Å². The van der Waals surface area contributed by atoms with Crippen LogP contribution in [0.1, 0.15) is 11.1 Å². The van der Waals surface area contributed by atoms with Gasteiger partial charge in [-0.05, 0) is 23.8 Å². The SMILES string of the molecule is NCc1cccn2c(-c3cccc(C(F)(F)F)c3)ncc12. The Kier molecular flexibility index (Phi) is 3.17. The van der Waals surface area contributed by atoms with Crippen LogP contribution in [0.25, 0.3) is 16.9 Å². The fourth-order valence-electron chi connectivity index (χ4n) is 2.30. The minimum atomic E-state index is -4.37. The smallest absolute Gasteiger partial charge is 0.326 e. The molecule has 0 unspecified atom stereocenters. The van der Waals surface area contributed by atoms with Crippen molar-refractivity contribution in [2.45, 2.75) is 12.7 Å². The summed E-state index contributed by atoms with van der Waals surface area (Å²) in [7, 11) is 0. The topological polar surface area (TPSA) is 43.3 Å². The number of halogens is 3. The quantitative estimate of drug-likeness (QED) is 0.785. The monoisotopic (exact) mass is 291 g/mol. The molecule has 2 heterocycles. The zero-order valence-electron chi connectivity index (χ0n) is 10.9. The molecule has 0 aliphatic rings. The number of pyridine rings is 1. The van der Waals surface area contributed by atoms with Gasteiger partial charge in [0.05, 0.1) is 17.3 Å². The van der Waals surface area contributed by atoms with Gasteiger partial charge in [0.15, 0.2) is 0 Å². The molecule has 3 aromatic rings. The van der Waals surface area contributed by atoms with Crippen molar-refractivity contribution in [1.29, 1.82) is 0 Å². The van der Waals surface area contributed by atoms with Crippen LogP contribution in [0.5, 0.6) is 0 Å². The van der Waals surface area contributed by atoms with Crippen LogP contribution in [0.4, 0.5) is 13.2 Å². The first-order valence-electron chi connectivity index (χ1n) is 6.33. The van der Waals surface area contributed by atoms with Crippen LogP contribution >= 0.6 is 0 Å². The van der Waals surface area contributed by atoms with E-state index in [-0.39, 0.29) is 0 Å². The maximum absolute atomic E-state index is 12.8. The largest absolute Gasteiger partial charge is 0.416 e. The lowest BCUT2D eigenvalue weighted by Crippen LogP contribution is -2.05. The van der Waals surface area contributed by atoms with Gasteiger partial charge in [-0.25, -0.2) is 4.98 Å². The van der Waals surface area contributed by atoms with E-state index in [2.05, 4.69) is 4.98 Å². The van der Waals surface area contributed by atoms with Crippen LogP contribution in [0, 0.1) is 0 Å². The van der Waals surface area contributed by atoms with Crippen molar-refractivity contribution < 1.29 is 13.2 Å². The van der Waals surface area contributed by atoms with Crippen molar-refractivity contribution in [2.24, 2.45) is 5.73 Å². The first-order valence-corrected chi connectivity index (χ1v) is 6.33. The van der Waals surface area contributed by atoms with Gasteiger partial charge in [-0.2, -0.15) is 13.2 Å². The highest BCUT2D eigenvalue weighted by Gasteiger charge is 2.30. The maximum Gasteiger partial charge on any atom is 0.416 e. The van der Waals surface area contributed by atoms with Crippen molar-refractivity contribution in [2.75, 3.05) is 0 Å². The molecule has 2 aromatic heterocycles. The average molecular weight is 291 g/mol. The fraction of sp³-hybridized carbons (Fsp3) is 0.133. The van der Waals surface area contributed by atoms with Gasteiger partial charge in [0, 0.05) is 18.3 Å². The molecule has 0 radical (unpaired) electrons. The third-order valence-corrected chi connectivity index (χ3v) is 3.33. The van der Waals surface area contributed by atoms with Gasteiger partial charge in [0.2, 0.25) is 0 Å². The Morgan fingerprint density at radius 3 is 2.67 bits per heavy atom. The van der Waals surface area contributed by atoms with Crippen LogP contribution < -0.4 is 5.73 Å². The zero-order chi connectivity index (χ0) is 15.0. The molecule has 0 amide bonds. The van der Waals surface area contributed by atoms with Gasteiger partial charge in [-0.3, -0.25) is 4.40 Å². The Hall–Kier alpha value is -2.34. The number of rotatable bonds is 2. The van der Waals surface area contributed by atoms with E-state index in [0.717, 1.165) is 23.2 Å². The summed E-state index contributed by atoms with van der Waals surface area (Å²) in [6.45, 7) is 0.345. The lowest BCUT2D eigenvalue weighted by molar-refractivity contribution is -0.137. The standard InChI is InChI=1S/C15H12F3N3/c16-15(17,18)12-5-1-3-10(7-12)14-20-9-13-11(8-19)4-2-6-21(13)14/h1-7,9H,8,19H2. The summed E-state index contributed by atoms with van der Waals surface area (Å²) < 4.78 is 40.1. The van der Waals surface area contributed by atoms with Crippen molar-refractivity contribution in [1.82, 2.24) is 9.38 Å². The molecule has 3 rings (SSSR count). The molecule has 0 saturated heterocycles. The molecule has 0 atom stereocenters. The Morgan fingerprint density at radius 1 is 1.14 bits per heavy atom. The van der Waals surface area contributed by atoms with Crippen LogP contribution in [-0.2, 0) is 12.7 Å². The Labute approximate surface area is 118 Å². The first-order chi connectivity index (χ1) is 10.0. The van der Waals surface area contributed by atoms with E-state index in [1.165, 1.54) is 6.07 Å². The van der Waals surface area contributed by atoms with E-state index in [9.17, 15) is 13.2 Å². The molecule has 0 spiro atoms. The van der Waals surface area contributed by atoms with Crippen LogP contribution in [-0.4, -0.2) is 9.38 Å². The Balaban J connectivity index is 2.18. The van der Waals surface area contributed by atoms with Crippen molar-refractivity contribution in [3.63, 3.8) is 0 Å². The molecular formula is C15H12F3N3. The molecule has 0 saturated carbocycles. The molecule has 0 aliphatic carbocycles. The third-order valence-electron chi connectivity index (χ3n) is 3.33. The number of imidazole rings is 1. The van der Waals surface area contributed by atoms with E-state index >= 15 is 0 Å². The van der Waals surface area contributed by atoms with Crippen LogP contribution in [0.2, 0.25) is 0 Å². The van der Waals surface area contributed by atoms with Crippen LogP contribution in [0.15, 0.2) is 48.8 Å². The minimum Gasteiger partial charge on any atom is -0.326 e. The molecule has 1 aromatic carbocycles.